The maximum atomic E-state index is 13.9. The third-order valence-corrected chi connectivity index (χ3v) is 10.7. The van der Waals surface area contributed by atoms with Crippen LogP contribution in [0.4, 0.5) is 0 Å². The molecule has 0 saturated carbocycles. The number of hydrogen-bond donors (Lipinski definition) is 8. The Kier molecular flexibility index (Phi) is 19.3. The SMILES string of the molecule is CSCCC(N)(C(=O)O)N(OC(=O)C(N)(CCSC)C(N)(CCSC)C(=O)O)OC(=O)C(N)(CCSC)C(N)(CCSC)C(=O)O. The van der Waals surface area contributed by atoms with Gasteiger partial charge >= 0.3 is 29.8 Å². The van der Waals surface area contributed by atoms with Crippen molar-refractivity contribution in [2.75, 3.05) is 60.0 Å². The van der Waals surface area contributed by atoms with E-state index < -0.39 is 64.1 Å². The molecule has 0 aliphatic heterocycles. The Morgan fingerprint density at radius 1 is 0.500 bits per heavy atom. The van der Waals surface area contributed by atoms with E-state index in [2.05, 4.69) is 0 Å². The van der Waals surface area contributed by atoms with Gasteiger partial charge < -0.3 is 47.9 Å². The first-order valence-corrected chi connectivity index (χ1v) is 20.6. The first-order valence-electron chi connectivity index (χ1n) is 13.6. The highest BCUT2D eigenvalue weighted by Gasteiger charge is 2.62. The summed E-state index contributed by atoms with van der Waals surface area (Å²) in [4.78, 5) is 76.2. The van der Waals surface area contributed by atoms with Gasteiger partial charge in [-0.2, -0.15) is 58.8 Å². The number of rotatable bonds is 25. The third kappa shape index (κ3) is 10.2. The van der Waals surface area contributed by atoms with Gasteiger partial charge in [0.05, 0.1) is 5.23 Å². The molecule has 0 fully saturated rings. The van der Waals surface area contributed by atoms with Gasteiger partial charge in [-0.05, 0) is 85.7 Å². The first-order chi connectivity index (χ1) is 21.3. The molecular weight excluding hydrogens is 705 g/mol. The molecule has 0 radical (unpaired) electrons. The second-order valence-corrected chi connectivity index (χ2v) is 15.4. The zero-order valence-electron chi connectivity index (χ0n) is 26.6. The van der Waals surface area contributed by atoms with Crippen molar-refractivity contribution in [3.63, 3.8) is 0 Å². The summed E-state index contributed by atoms with van der Waals surface area (Å²) in [6.45, 7) is 0. The van der Waals surface area contributed by atoms with E-state index in [1.807, 2.05) is 0 Å². The molecule has 5 unspecified atom stereocenters. The molecular formula is C25H48N6O10S5. The van der Waals surface area contributed by atoms with Crippen LogP contribution in [0, 0.1) is 0 Å². The highest BCUT2D eigenvalue weighted by molar-refractivity contribution is 7.99. The molecule has 0 amide bonds. The molecule has 5 atom stereocenters. The summed E-state index contributed by atoms with van der Waals surface area (Å²) >= 11 is 6.09. The maximum absolute atomic E-state index is 13.9. The highest BCUT2D eigenvalue weighted by Crippen LogP contribution is 2.34. The van der Waals surface area contributed by atoms with E-state index in [1.165, 1.54) is 47.0 Å². The Balaban J connectivity index is 7.34. The molecule has 0 aliphatic rings. The van der Waals surface area contributed by atoms with Gasteiger partial charge in [-0.1, -0.05) is 0 Å². The van der Waals surface area contributed by atoms with Crippen molar-refractivity contribution < 1.29 is 49.0 Å². The molecule has 0 rings (SSSR count). The van der Waals surface area contributed by atoms with Gasteiger partial charge in [0, 0.05) is 6.42 Å². The topological polar surface area (TPSA) is 298 Å². The Bertz CT molecular complexity index is 1010. The Labute approximate surface area is 290 Å². The smallest absolute Gasteiger partial charge is 0.351 e. The van der Waals surface area contributed by atoms with Gasteiger partial charge in [-0.15, -0.1) is 0 Å². The van der Waals surface area contributed by atoms with Gasteiger partial charge in [0.1, 0.15) is 22.2 Å². The summed E-state index contributed by atoms with van der Waals surface area (Å²) in [5, 5.41) is 30.4. The molecule has 0 aromatic carbocycles. The van der Waals surface area contributed by atoms with Crippen LogP contribution in [0.2, 0.25) is 0 Å². The molecule has 21 heteroatoms. The van der Waals surface area contributed by atoms with Gasteiger partial charge in [-0.25, -0.2) is 14.4 Å². The predicted molar refractivity (Wildman–Crippen MR) is 187 cm³/mol. The van der Waals surface area contributed by atoms with E-state index in [1.54, 1.807) is 31.3 Å². The molecule has 46 heavy (non-hydrogen) atoms. The van der Waals surface area contributed by atoms with E-state index in [0.29, 0.717) is 0 Å². The fourth-order valence-electron chi connectivity index (χ4n) is 4.14. The Morgan fingerprint density at radius 2 is 0.761 bits per heavy atom. The number of carboxylic acids is 3. The van der Waals surface area contributed by atoms with Crippen LogP contribution in [0.5, 0.6) is 0 Å². The second-order valence-electron chi connectivity index (χ2n) is 10.5. The van der Waals surface area contributed by atoms with Crippen LogP contribution < -0.4 is 28.7 Å². The normalized spacial score (nSPS) is 18.2. The van der Waals surface area contributed by atoms with E-state index in [9.17, 15) is 39.3 Å². The van der Waals surface area contributed by atoms with Gasteiger partial charge in [0.2, 0.25) is 5.66 Å². The highest BCUT2D eigenvalue weighted by atomic mass is 32.2. The monoisotopic (exact) mass is 752 g/mol. The number of hydroxylamine groups is 2. The van der Waals surface area contributed by atoms with Crippen LogP contribution in [0.3, 0.4) is 0 Å². The van der Waals surface area contributed by atoms with Crippen molar-refractivity contribution in [3.05, 3.63) is 0 Å². The summed E-state index contributed by atoms with van der Waals surface area (Å²) < 4.78 is 0. The van der Waals surface area contributed by atoms with Gasteiger partial charge in [-0.3, -0.25) is 15.3 Å². The first kappa shape index (κ1) is 44.9. The molecule has 13 N–H and O–H groups in total. The lowest BCUT2D eigenvalue weighted by Crippen LogP contribution is -2.77. The van der Waals surface area contributed by atoms with Crippen molar-refractivity contribution in [2.45, 2.75) is 59.9 Å². The predicted octanol–water partition coefficient (Wildman–Crippen LogP) is -0.331. The molecule has 0 bridgehead atoms. The van der Waals surface area contributed by atoms with Crippen LogP contribution in [-0.4, -0.2) is 138 Å². The van der Waals surface area contributed by atoms with Crippen LogP contribution >= 0.6 is 58.8 Å². The summed E-state index contributed by atoms with van der Waals surface area (Å²) in [5.41, 5.74) is 19.1. The van der Waals surface area contributed by atoms with E-state index in [4.69, 9.17) is 38.3 Å². The van der Waals surface area contributed by atoms with Crippen molar-refractivity contribution >= 4 is 88.7 Å². The Morgan fingerprint density at radius 3 is 1.00 bits per heavy atom. The average molecular weight is 753 g/mol. The average Bonchev–Trinajstić information content (AvgIpc) is 3.01. The maximum Gasteiger partial charge on any atom is 0.351 e. The number of nitrogens with two attached hydrogens (primary N) is 5. The molecule has 268 valence electrons. The zero-order chi connectivity index (χ0) is 36.0. The minimum atomic E-state index is -2.78. The lowest BCUT2D eigenvalue weighted by Gasteiger charge is -2.44. The quantitative estimate of drug-likeness (QED) is 0.0437. The number of thioether (sulfide) groups is 5. The molecule has 0 aliphatic carbocycles. The minimum Gasteiger partial charge on any atom is -0.480 e. The summed E-state index contributed by atoms with van der Waals surface area (Å²) in [6, 6.07) is 0. The lowest BCUT2D eigenvalue weighted by molar-refractivity contribution is -0.369. The fraction of sp³-hybridized carbons (Fsp3) is 0.800. The standard InChI is InChI=1S/C25H48N6O10S5/c1-42-11-6-21(26,16(32)33)23(28,8-13-44-3)19(38)40-31(25(30,18(36)37)10-15-46-5)41-20(39)24(29,9-14-45-4)22(27,17(34)35)7-12-43-2/h6-15,26-30H2,1-5H3,(H,32,33)(H,34,35)(H,36,37). The molecule has 0 aromatic heterocycles. The second kappa shape index (κ2) is 19.8. The number of carbonyl (C=O) groups is 5. The largest absolute Gasteiger partial charge is 0.480 e. The zero-order valence-corrected chi connectivity index (χ0v) is 30.7. The van der Waals surface area contributed by atoms with Crippen molar-refractivity contribution in [1.29, 1.82) is 0 Å². The van der Waals surface area contributed by atoms with Gasteiger partial charge in [0.15, 0.2) is 0 Å². The molecule has 0 saturated heterocycles. The number of carboxylic acid groups (broad SMARTS) is 3. The summed E-state index contributed by atoms with van der Waals surface area (Å²) in [7, 11) is 0. The van der Waals surface area contributed by atoms with Crippen LogP contribution in [-0.2, 0) is 33.6 Å². The van der Waals surface area contributed by atoms with E-state index in [0.717, 1.165) is 11.8 Å². The van der Waals surface area contributed by atoms with E-state index in [-0.39, 0.29) is 59.7 Å². The number of aliphatic carboxylic acids is 3. The van der Waals surface area contributed by atoms with Crippen LogP contribution in [0.15, 0.2) is 0 Å². The van der Waals surface area contributed by atoms with E-state index >= 15 is 0 Å². The van der Waals surface area contributed by atoms with Gasteiger partial charge in [0.25, 0.3) is 0 Å². The van der Waals surface area contributed by atoms with Crippen molar-refractivity contribution in [3.8, 4) is 0 Å². The molecule has 0 heterocycles. The molecule has 0 spiro atoms. The summed E-state index contributed by atoms with van der Waals surface area (Å²) in [5.74, 6) is -7.57. The van der Waals surface area contributed by atoms with Crippen molar-refractivity contribution in [1.82, 2.24) is 5.23 Å². The lowest BCUT2D eigenvalue weighted by atomic mass is 9.74. The number of carbonyl (C=O) groups excluding carboxylic acids is 2. The van der Waals surface area contributed by atoms with Crippen LogP contribution in [0.25, 0.3) is 0 Å². The third-order valence-electron chi connectivity index (χ3n) is 7.60. The van der Waals surface area contributed by atoms with Crippen molar-refractivity contribution in [2.24, 2.45) is 28.7 Å². The Hall–Kier alpha value is -1.14. The molecule has 16 nitrogen and oxygen atoms in total. The minimum absolute atomic E-state index is 0.0439. The number of nitrogens with zero attached hydrogens (tertiary/aromatic N) is 1. The van der Waals surface area contributed by atoms with Crippen LogP contribution in [0.1, 0.15) is 32.1 Å². The fourth-order valence-corrected chi connectivity index (χ4v) is 6.76. The number of hydrogen-bond acceptors (Lipinski definition) is 18. The summed E-state index contributed by atoms with van der Waals surface area (Å²) in [6.07, 6.45) is 6.56. The molecule has 0 aromatic rings.